The summed E-state index contributed by atoms with van der Waals surface area (Å²) in [4.78, 5) is 12.3. The lowest BCUT2D eigenvalue weighted by atomic mass is 10.1. The van der Waals surface area contributed by atoms with Crippen LogP contribution in [-0.2, 0) is 22.2 Å². The van der Waals surface area contributed by atoms with E-state index in [0.717, 1.165) is 0 Å². The molecule has 0 radical (unpaired) electrons. The zero-order chi connectivity index (χ0) is 26.5. The van der Waals surface area contributed by atoms with Crippen LogP contribution in [0.4, 0.5) is 29.1 Å². The Morgan fingerprint density at radius 1 is 1.03 bits per heavy atom. The van der Waals surface area contributed by atoms with Gasteiger partial charge in [-0.15, -0.1) is 0 Å². The summed E-state index contributed by atoms with van der Waals surface area (Å²) in [6.07, 6.45) is -5.33. The van der Waals surface area contributed by atoms with Gasteiger partial charge in [0.25, 0.3) is 0 Å². The van der Waals surface area contributed by atoms with Gasteiger partial charge >= 0.3 is 6.18 Å². The molecule has 12 heteroatoms. The number of nitrogens with one attached hydrogen (secondary N) is 1. The fraction of sp³-hybridized carbons (Fsp3) is 0.375. The Hall–Kier alpha value is -3.51. The minimum atomic E-state index is -4.89. The van der Waals surface area contributed by atoms with E-state index in [2.05, 4.69) is 27.0 Å². The molecule has 3 rings (SSSR count). The van der Waals surface area contributed by atoms with Crippen LogP contribution in [0.5, 0.6) is 11.5 Å². The van der Waals surface area contributed by atoms with Gasteiger partial charge in [0.05, 0.1) is 37.1 Å². The van der Waals surface area contributed by atoms with Crippen LogP contribution in [0.25, 0.3) is 10.9 Å². The van der Waals surface area contributed by atoms with Gasteiger partial charge in [0.15, 0.2) is 11.5 Å². The number of fused-ring (bicyclic) bond motifs is 1. The van der Waals surface area contributed by atoms with Crippen molar-refractivity contribution in [2.24, 2.45) is 4.99 Å². The lowest BCUT2D eigenvalue weighted by Crippen LogP contribution is -2.27. The third kappa shape index (κ3) is 6.18. The van der Waals surface area contributed by atoms with Gasteiger partial charge in [0.2, 0.25) is 0 Å². The maximum atomic E-state index is 14.7. The monoisotopic (exact) mass is 510 g/mol. The number of alkyl halides is 3. The van der Waals surface area contributed by atoms with Crippen molar-refractivity contribution in [3.8, 4) is 11.5 Å². The topological polar surface area (TPSA) is 87.1 Å². The lowest BCUT2D eigenvalue weighted by molar-refractivity contribution is -0.140. The Bertz CT molecular complexity index is 1230. The second-order valence-corrected chi connectivity index (χ2v) is 7.77. The number of halogens is 4. The van der Waals surface area contributed by atoms with Crippen molar-refractivity contribution >= 4 is 29.1 Å². The molecule has 8 nitrogen and oxygen atoms in total. The Labute approximate surface area is 205 Å². The second kappa shape index (κ2) is 11.5. The first kappa shape index (κ1) is 27.1. The van der Waals surface area contributed by atoms with Crippen LogP contribution in [0.15, 0.2) is 29.3 Å². The summed E-state index contributed by atoms with van der Waals surface area (Å²) >= 11 is 0. The number of rotatable bonds is 11. The number of hydrogen-bond acceptors (Lipinski definition) is 8. The number of aryl methyl sites for hydroxylation is 1. The summed E-state index contributed by atoms with van der Waals surface area (Å²) in [6.45, 7) is 5.09. The van der Waals surface area contributed by atoms with Crippen molar-refractivity contribution in [2.75, 3.05) is 39.9 Å². The third-order valence-corrected chi connectivity index (χ3v) is 5.16. The number of aromatic nitrogens is 2. The molecule has 0 amide bonds. The van der Waals surface area contributed by atoms with E-state index in [9.17, 15) is 17.6 Å². The molecule has 3 aromatic rings. The van der Waals surface area contributed by atoms with E-state index in [1.54, 1.807) is 19.1 Å². The van der Waals surface area contributed by atoms with Gasteiger partial charge in [-0.1, -0.05) is 0 Å². The Morgan fingerprint density at radius 2 is 1.72 bits per heavy atom. The van der Waals surface area contributed by atoms with E-state index in [4.69, 9.17) is 18.9 Å². The lowest BCUT2D eigenvalue weighted by Gasteiger charge is -2.20. The minimum Gasteiger partial charge on any atom is -0.493 e. The highest BCUT2D eigenvalue weighted by Crippen LogP contribution is 2.37. The van der Waals surface area contributed by atoms with Gasteiger partial charge in [-0.25, -0.2) is 14.4 Å². The first-order chi connectivity index (χ1) is 17.1. The molecule has 194 valence electrons. The predicted octanol–water partition coefficient (Wildman–Crippen LogP) is 5.09. The Balaban J connectivity index is 2.03. The maximum absolute atomic E-state index is 14.7. The molecule has 1 aromatic heterocycles. The SMILES string of the molecule is C=Nc1cc(CNc2nc(C)nc3cc(OC)c(OC(COC)COC)cc23)c(F)c(C(F)(F)F)c1. The molecule has 0 aliphatic carbocycles. The molecular formula is C24H26F4N4O4. The van der Waals surface area contributed by atoms with Crippen LogP contribution in [0.2, 0.25) is 0 Å². The fourth-order valence-corrected chi connectivity index (χ4v) is 3.58. The average molecular weight is 510 g/mol. The standard InChI is InChI=1S/C24H26F4N4O4/c1-13-31-19-9-20(35-5)21(36-16(11-33-3)12-34-4)8-17(19)23(32-13)30-10-14-6-15(29-2)7-18(22(14)25)24(26,27)28/h6-9,16H,2,10-12H2,1,3-5H3,(H,30,31,32). The van der Waals surface area contributed by atoms with E-state index in [1.165, 1.54) is 27.4 Å². The van der Waals surface area contributed by atoms with Crippen molar-refractivity contribution in [1.82, 2.24) is 9.97 Å². The van der Waals surface area contributed by atoms with Crippen LogP contribution >= 0.6 is 0 Å². The molecule has 1 heterocycles. The number of aliphatic imine (C=N–C) groups is 1. The minimum absolute atomic E-state index is 0.105. The zero-order valence-corrected chi connectivity index (χ0v) is 20.2. The summed E-state index contributed by atoms with van der Waals surface area (Å²) in [5, 5.41) is 3.40. The summed E-state index contributed by atoms with van der Waals surface area (Å²) in [5.41, 5.74) is -1.29. The summed E-state index contributed by atoms with van der Waals surface area (Å²) in [5.74, 6) is 0.00260. The van der Waals surface area contributed by atoms with Crippen LogP contribution in [0.1, 0.15) is 17.0 Å². The molecule has 36 heavy (non-hydrogen) atoms. The second-order valence-electron chi connectivity index (χ2n) is 7.77. The molecule has 0 saturated heterocycles. The summed E-state index contributed by atoms with van der Waals surface area (Å²) in [7, 11) is 4.54. The molecule has 0 unspecified atom stereocenters. The van der Waals surface area contributed by atoms with Gasteiger partial charge in [0.1, 0.15) is 23.6 Å². The quantitative estimate of drug-likeness (QED) is 0.284. The number of anilines is 1. The van der Waals surface area contributed by atoms with Crippen LogP contribution in [0.3, 0.4) is 0 Å². The molecule has 0 spiro atoms. The van der Waals surface area contributed by atoms with Gasteiger partial charge in [0, 0.05) is 37.8 Å². The number of benzene rings is 2. The number of ether oxygens (including phenoxy) is 4. The Morgan fingerprint density at radius 3 is 2.31 bits per heavy atom. The highest BCUT2D eigenvalue weighted by molar-refractivity contribution is 5.91. The van der Waals surface area contributed by atoms with Gasteiger partial charge < -0.3 is 24.3 Å². The molecule has 0 saturated carbocycles. The van der Waals surface area contributed by atoms with E-state index >= 15 is 0 Å². The molecule has 1 N–H and O–H groups in total. The molecule has 0 aliphatic heterocycles. The van der Waals surface area contributed by atoms with Gasteiger partial charge in [-0.2, -0.15) is 13.2 Å². The van der Waals surface area contributed by atoms with E-state index < -0.39 is 23.7 Å². The molecule has 0 fully saturated rings. The largest absolute Gasteiger partial charge is 0.493 e. The highest BCUT2D eigenvalue weighted by Gasteiger charge is 2.35. The number of methoxy groups -OCH3 is 3. The molecule has 0 aliphatic rings. The predicted molar refractivity (Wildman–Crippen MR) is 127 cm³/mol. The first-order valence-electron chi connectivity index (χ1n) is 10.7. The van der Waals surface area contributed by atoms with E-state index in [0.29, 0.717) is 34.3 Å². The first-order valence-corrected chi connectivity index (χ1v) is 10.7. The van der Waals surface area contributed by atoms with Crippen LogP contribution in [0, 0.1) is 12.7 Å². The fourth-order valence-electron chi connectivity index (χ4n) is 3.58. The van der Waals surface area contributed by atoms with E-state index in [-0.39, 0.29) is 36.8 Å². The Kier molecular flexibility index (Phi) is 8.64. The molecular weight excluding hydrogens is 484 g/mol. The number of nitrogens with zero attached hydrogens (tertiary/aromatic N) is 3. The smallest absolute Gasteiger partial charge is 0.419 e. The number of hydrogen-bond donors (Lipinski definition) is 1. The maximum Gasteiger partial charge on any atom is 0.419 e. The third-order valence-electron chi connectivity index (χ3n) is 5.16. The van der Waals surface area contributed by atoms with Gasteiger partial charge in [-0.05, 0) is 31.8 Å². The molecule has 0 bridgehead atoms. The summed E-state index contributed by atoms with van der Waals surface area (Å²) in [6, 6.07) is 5.08. The van der Waals surface area contributed by atoms with E-state index in [1.807, 2.05) is 0 Å². The molecule has 0 atom stereocenters. The van der Waals surface area contributed by atoms with Crippen molar-refractivity contribution in [2.45, 2.75) is 25.7 Å². The van der Waals surface area contributed by atoms with Crippen LogP contribution in [-0.4, -0.2) is 57.3 Å². The van der Waals surface area contributed by atoms with Crippen molar-refractivity contribution in [3.05, 3.63) is 47.0 Å². The van der Waals surface area contributed by atoms with Crippen molar-refractivity contribution in [3.63, 3.8) is 0 Å². The highest BCUT2D eigenvalue weighted by atomic mass is 19.4. The average Bonchev–Trinajstić information content (AvgIpc) is 2.82. The normalized spacial score (nSPS) is 11.7. The summed E-state index contributed by atoms with van der Waals surface area (Å²) < 4.78 is 76.5. The van der Waals surface area contributed by atoms with Crippen LogP contribution < -0.4 is 14.8 Å². The van der Waals surface area contributed by atoms with Crippen molar-refractivity contribution < 1.29 is 36.5 Å². The zero-order valence-electron chi connectivity index (χ0n) is 20.2. The van der Waals surface area contributed by atoms with Crippen molar-refractivity contribution in [1.29, 1.82) is 0 Å². The molecule has 2 aromatic carbocycles. The van der Waals surface area contributed by atoms with Gasteiger partial charge in [-0.3, -0.25) is 4.99 Å².